The zero-order chi connectivity index (χ0) is 14.7. The van der Waals surface area contributed by atoms with Crippen LogP contribution in [0.1, 0.15) is 5.56 Å². The smallest absolute Gasteiger partial charge is 0.137 e. The molecule has 0 bridgehead atoms. The zero-order valence-corrected chi connectivity index (χ0v) is 13.6. The van der Waals surface area contributed by atoms with E-state index in [1.807, 2.05) is 37.2 Å². The molecule has 0 saturated carbocycles. The summed E-state index contributed by atoms with van der Waals surface area (Å²) in [6.45, 7) is 0.597. The largest absolute Gasteiger partial charge is 0.379 e. The van der Waals surface area contributed by atoms with Crippen molar-refractivity contribution in [1.82, 2.24) is 0 Å². The van der Waals surface area contributed by atoms with Gasteiger partial charge in [-0.15, -0.1) is 0 Å². The van der Waals surface area contributed by atoms with Crippen molar-refractivity contribution in [3.8, 4) is 0 Å². The summed E-state index contributed by atoms with van der Waals surface area (Å²) in [5.41, 5.74) is 2.88. The van der Waals surface area contributed by atoms with Crippen molar-refractivity contribution >= 4 is 38.9 Å². The molecule has 2 rings (SSSR count). The summed E-state index contributed by atoms with van der Waals surface area (Å²) in [5.74, 6) is -0.259. The lowest BCUT2D eigenvalue weighted by Crippen LogP contribution is -2.12. The van der Waals surface area contributed by atoms with Crippen LogP contribution in [0.15, 0.2) is 40.9 Å². The van der Waals surface area contributed by atoms with E-state index in [2.05, 4.69) is 21.2 Å². The quantitative estimate of drug-likeness (QED) is 0.835. The first-order chi connectivity index (χ1) is 9.49. The average Bonchev–Trinajstić information content (AvgIpc) is 2.39. The molecule has 2 aromatic rings. The van der Waals surface area contributed by atoms with Gasteiger partial charge in [-0.05, 0) is 45.8 Å². The Morgan fingerprint density at radius 1 is 1.25 bits per heavy atom. The summed E-state index contributed by atoms with van der Waals surface area (Å²) in [6.07, 6.45) is 0. The summed E-state index contributed by atoms with van der Waals surface area (Å²) >= 11 is 9.40. The third-order valence-electron chi connectivity index (χ3n) is 2.90. The van der Waals surface area contributed by atoms with E-state index in [9.17, 15) is 4.39 Å². The van der Waals surface area contributed by atoms with Crippen molar-refractivity contribution < 1.29 is 4.39 Å². The molecular formula is C15H15BrClFN2. The van der Waals surface area contributed by atoms with Crippen LogP contribution < -0.4 is 10.2 Å². The van der Waals surface area contributed by atoms with Crippen molar-refractivity contribution in [3.05, 3.63) is 57.3 Å². The van der Waals surface area contributed by atoms with Crippen LogP contribution in [0.4, 0.5) is 15.8 Å². The Bertz CT molecular complexity index is 617. The van der Waals surface area contributed by atoms with Gasteiger partial charge in [0.1, 0.15) is 5.82 Å². The molecule has 0 atom stereocenters. The third-order valence-corrected chi connectivity index (χ3v) is 3.81. The molecule has 0 saturated heterocycles. The molecule has 0 aliphatic carbocycles. The van der Waals surface area contributed by atoms with E-state index >= 15 is 0 Å². The Morgan fingerprint density at radius 2 is 2.00 bits per heavy atom. The molecule has 0 radical (unpaired) electrons. The third kappa shape index (κ3) is 3.44. The molecule has 0 amide bonds. The lowest BCUT2D eigenvalue weighted by molar-refractivity contribution is 0.620. The second-order valence-corrected chi connectivity index (χ2v) is 5.89. The number of nitrogens with zero attached hydrogens (tertiary/aromatic N) is 1. The lowest BCUT2D eigenvalue weighted by Gasteiger charge is -2.20. The second kappa shape index (κ2) is 6.46. The highest BCUT2D eigenvalue weighted by Gasteiger charge is 2.09. The highest BCUT2D eigenvalue weighted by atomic mass is 79.9. The van der Waals surface area contributed by atoms with Gasteiger partial charge in [-0.2, -0.15) is 0 Å². The molecule has 106 valence electrons. The maximum Gasteiger partial charge on any atom is 0.137 e. The Labute approximate surface area is 131 Å². The van der Waals surface area contributed by atoms with Gasteiger partial charge in [-0.25, -0.2) is 4.39 Å². The van der Waals surface area contributed by atoms with Gasteiger partial charge in [-0.1, -0.05) is 23.7 Å². The van der Waals surface area contributed by atoms with E-state index in [0.717, 1.165) is 16.9 Å². The van der Waals surface area contributed by atoms with E-state index in [4.69, 9.17) is 11.6 Å². The molecule has 2 nitrogen and oxygen atoms in total. The molecule has 0 aliphatic heterocycles. The SMILES string of the molecule is CN(C)c1c(Cl)cccc1NCc1ccc(F)c(Br)c1. The van der Waals surface area contributed by atoms with Crippen LogP contribution >= 0.6 is 27.5 Å². The van der Waals surface area contributed by atoms with Gasteiger partial charge >= 0.3 is 0 Å². The fourth-order valence-corrected chi connectivity index (χ4v) is 2.73. The van der Waals surface area contributed by atoms with Gasteiger partial charge in [0.25, 0.3) is 0 Å². The van der Waals surface area contributed by atoms with Crippen molar-refractivity contribution in [2.45, 2.75) is 6.54 Å². The first kappa shape index (κ1) is 15.1. The van der Waals surface area contributed by atoms with E-state index in [-0.39, 0.29) is 5.82 Å². The molecular weight excluding hydrogens is 343 g/mol. The molecule has 20 heavy (non-hydrogen) atoms. The Kier molecular flexibility index (Phi) is 4.89. The Balaban J connectivity index is 2.18. The molecule has 0 unspecified atom stereocenters. The predicted octanol–water partition coefficient (Wildman–Crippen LogP) is 4.92. The molecule has 5 heteroatoms. The monoisotopic (exact) mass is 356 g/mol. The summed E-state index contributed by atoms with van der Waals surface area (Å²) < 4.78 is 13.7. The lowest BCUT2D eigenvalue weighted by atomic mass is 10.2. The van der Waals surface area contributed by atoms with Crippen LogP contribution in [0, 0.1) is 5.82 Å². The number of benzene rings is 2. The first-order valence-corrected chi connectivity index (χ1v) is 7.30. The van der Waals surface area contributed by atoms with Crippen LogP contribution in [-0.4, -0.2) is 14.1 Å². The Morgan fingerprint density at radius 3 is 2.65 bits per heavy atom. The maximum atomic E-state index is 13.2. The summed E-state index contributed by atoms with van der Waals surface area (Å²) in [6, 6.07) is 10.7. The predicted molar refractivity (Wildman–Crippen MR) is 87.2 cm³/mol. The molecule has 0 aliphatic rings. The molecule has 2 aromatic carbocycles. The number of halogens is 3. The summed E-state index contributed by atoms with van der Waals surface area (Å²) in [5, 5.41) is 4.02. The standard InChI is InChI=1S/C15H15BrClFN2/c1-20(2)15-12(17)4-3-5-14(15)19-9-10-6-7-13(18)11(16)8-10/h3-8,19H,9H2,1-2H3. The van der Waals surface area contributed by atoms with E-state index in [1.165, 1.54) is 6.07 Å². The molecule has 0 spiro atoms. The topological polar surface area (TPSA) is 15.3 Å². The van der Waals surface area contributed by atoms with Crippen molar-refractivity contribution in [1.29, 1.82) is 0 Å². The minimum Gasteiger partial charge on any atom is -0.379 e. The number of rotatable bonds is 4. The normalized spacial score (nSPS) is 10.4. The van der Waals surface area contributed by atoms with Crippen molar-refractivity contribution in [2.24, 2.45) is 0 Å². The van der Waals surface area contributed by atoms with Crippen LogP contribution in [-0.2, 0) is 6.54 Å². The van der Waals surface area contributed by atoms with Crippen molar-refractivity contribution in [2.75, 3.05) is 24.3 Å². The minimum absolute atomic E-state index is 0.259. The van der Waals surface area contributed by atoms with E-state index < -0.39 is 0 Å². The molecule has 1 N–H and O–H groups in total. The number of hydrogen-bond acceptors (Lipinski definition) is 2. The van der Waals surface area contributed by atoms with Crippen LogP contribution in [0.5, 0.6) is 0 Å². The second-order valence-electron chi connectivity index (χ2n) is 4.63. The van der Waals surface area contributed by atoms with Crippen LogP contribution in [0.25, 0.3) is 0 Å². The first-order valence-electron chi connectivity index (χ1n) is 6.12. The maximum absolute atomic E-state index is 13.2. The zero-order valence-electron chi connectivity index (χ0n) is 11.3. The summed E-state index contributed by atoms with van der Waals surface area (Å²) in [4.78, 5) is 1.96. The van der Waals surface area contributed by atoms with E-state index in [0.29, 0.717) is 16.0 Å². The van der Waals surface area contributed by atoms with E-state index in [1.54, 1.807) is 12.1 Å². The van der Waals surface area contributed by atoms with Gasteiger partial charge < -0.3 is 10.2 Å². The number of hydrogen-bond donors (Lipinski definition) is 1. The molecule has 0 fully saturated rings. The summed E-state index contributed by atoms with van der Waals surface area (Å²) in [7, 11) is 3.89. The number of nitrogens with one attached hydrogen (secondary N) is 1. The van der Waals surface area contributed by atoms with Crippen molar-refractivity contribution in [3.63, 3.8) is 0 Å². The van der Waals surface area contributed by atoms with Gasteiger partial charge in [0.05, 0.1) is 20.9 Å². The Hall–Kier alpha value is -1.26. The number of anilines is 2. The minimum atomic E-state index is -0.259. The van der Waals surface area contributed by atoms with Gasteiger partial charge in [0.15, 0.2) is 0 Å². The highest BCUT2D eigenvalue weighted by molar-refractivity contribution is 9.10. The van der Waals surface area contributed by atoms with Gasteiger partial charge in [0.2, 0.25) is 0 Å². The molecule has 0 aromatic heterocycles. The fraction of sp³-hybridized carbons (Fsp3) is 0.200. The van der Waals surface area contributed by atoms with Crippen LogP contribution in [0.2, 0.25) is 5.02 Å². The number of para-hydroxylation sites is 1. The van der Waals surface area contributed by atoms with Crippen LogP contribution in [0.3, 0.4) is 0 Å². The average molecular weight is 358 g/mol. The molecule has 0 heterocycles. The highest BCUT2D eigenvalue weighted by Crippen LogP contribution is 2.32. The van der Waals surface area contributed by atoms with Gasteiger partial charge in [-0.3, -0.25) is 0 Å². The fourth-order valence-electron chi connectivity index (χ4n) is 1.96. The van der Waals surface area contributed by atoms with Gasteiger partial charge in [0, 0.05) is 20.6 Å².